The van der Waals surface area contributed by atoms with Gasteiger partial charge < -0.3 is 4.90 Å². The highest BCUT2D eigenvalue weighted by molar-refractivity contribution is 6.29. The molecule has 86 valence electrons. The lowest BCUT2D eigenvalue weighted by Crippen LogP contribution is -2.21. The van der Waals surface area contributed by atoms with Gasteiger partial charge in [-0.15, -0.1) is 0 Å². The van der Waals surface area contributed by atoms with Crippen LogP contribution in [0.1, 0.15) is 31.0 Å². The molecule has 1 atom stereocenters. The number of anilines is 1. The zero-order valence-corrected chi connectivity index (χ0v) is 9.62. The minimum absolute atomic E-state index is 0.428. The molecule has 0 unspecified atom stereocenters. The summed E-state index contributed by atoms with van der Waals surface area (Å²) in [5.74, 6) is 2.08. The van der Waals surface area contributed by atoms with Crippen molar-refractivity contribution in [3.05, 3.63) is 17.0 Å². The molecule has 2 aliphatic rings. The molecule has 2 fully saturated rings. The van der Waals surface area contributed by atoms with Crippen molar-refractivity contribution in [1.29, 1.82) is 0 Å². The monoisotopic (exact) mass is 241 g/mol. The van der Waals surface area contributed by atoms with Crippen molar-refractivity contribution in [1.82, 2.24) is 9.97 Å². The fraction of sp³-hybridized carbons (Fsp3) is 0.636. The van der Waals surface area contributed by atoms with Gasteiger partial charge in [0.05, 0.1) is 6.54 Å². The number of aromatic nitrogens is 2. The zero-order valence-electron chi connectivity index (χ0n) is 8.87. The van der Waals surface area contributed by atoms with Crippen LogP contribution in [-0.2, 0) is 0 Å². The van der Waals surface area contributed by atoms with E-state index in [4.69, 9.17) is 11.6 Å². The maximum atomic E-state index is 13.1. The Bertz CT molecular complexity index is 408. The van der Waals surface area contributed by atoms with Gasteiger partial charge in [0.15, 0.2) is 0 Å². The lowest BCUT2D eigenvalue weighted by atomic mass is 10.3. The number of nitrogens with zero attached hydrogens (tertiary/aromatic N) is 3. The third kappa shape index (κ3) is 1.98. The lowest BCUT2D eigenvalue weighted by Gasteiger charge is -2.16. The summed E-state index contributed by atoms with van der Waals surface area (Å²) in [6.45, 7) is 1.15. The van der Waals surface area contributed by atoms with Crippen molar-refractivity contribution in [2.45, 2.75) is 31.4 Å². The van der Waals surface area contributed by atoms with Crippen molar-refractivity contribution in [3.63, 3.8) is 0 Å². The van der Waals surface area contributed by atoms with E-state index in [1.54, 1.807) is 6.07 Å². The number of alkyl halides is 1. The van der Waals surface area contributed by atoms with Crippen molar-refractivity contribution in [3.8, 4) is 0 Å². The minimum atomic E-state index is -0.738. The highest BCUT2D eigenvalue weighted by atomic mass is 35.5. The Hall–Kier alpha value is -0.900. The molecule has 2 heterocycles. The van der Waals surface area contributed by atoms with Crippen LogP contribution in [0.15, 0.2) is 6.07 Å². The summed E-state index contributed by atoms with van der Waals surface area (Å²) in [6, 6.07) is 1.73. The predicted molar refractivity (Wildman–Crippen MR) is 60.7 cm³/mol. The van der Waals surface area contributed by atoms with Crippen LogP contribution in [0.25, 0.3) is 0 Å². The number of halogens is 2. The smallest absolute Gasteiger partial charge is 0.135 e. The van der Waals surface area contributed by atoms with Gasteiger partial charge >= 0.3 is 0 Å². The van der Waals surface area contributed by atoms with E-state index in [2.05, 4.69) is 9.97 Å². The fourth-order valence-corrected chi connectivity index (χ4v) is 2.22. The minimum Gasteiger partial charge on any atom is -0.353 e. The molecular weight excluding hydrogens is 229 g/mol. The van der Waals surface area contributed by atoms with Gasteiger partial charge in [0.25, 0.3) is 0 Å². The van der Waals surface area contributed by atoms with Crippen LogP contribution in [0.2, 0.25) is 5.15 Å². The van der Waals surface area contributed by atoms with Crippen LogP contribution >= 0.6 is 11.6 Å². The van der Waals surface area contributed by atoms with Gasteiger partial charge in [-0.25, -0.2) is 14.4 Å². The Morgan fingerprint density at radius 3 is 2.75 bits per heavy atom. The molecule has 1 saturated carbocycles. The molecule has 3 nitrogen and oxygen atoms in total. The van der Waals surface area contributed by atoms with Crippen LogP contribution in [-0.4, -0.2) is 29.2 Å². The average molecular weight is 242 g/mol. The Morgan fingerprint density at radius 2 is 2.12 bits per heavy atom. The second kappa shape index (κ2) is 3.84. The van der Waals surface area contributed by atoms with Gasteiger partial charge in [-0.05, 0) is 19.3 Å². The highest BCUT2D eigenvalue weighted by Crippen LogP contribution is 2.39. The average Bonchev–Trinajstić information content (AvgIpc) is 3.01. The lowest BCUT2D eigenvalue weighted by molar-refractivity contribution is 0.364. The van der Waals surface area contributed by atoms with Gasteiger partial charge in [-0.1, -0.05) is 11.6 Å². The third-order valence-electron chi connectivity index (χ3n) is 3.10. The second-order valence-corrected chi connectivity index (χ2v) is 4.90. The van der Waals surface area contributed by atoms with Crippen LogP contribution in [0.3, 0.4) is 0 Å². The first-order valence-electron chi connectivity index (χ1n) is 5.66. The molecular formula is C11H13ClFN3. The Morgan fingerprint density at radius 1 is 1.31 bits per heavy atom. The molecule has 3 rings (SSSR count). The van der Waals surface area contributed by atoms with Crippen molar-refractivity contribution >= 4 is 17.4 Å². The summed E-state index contributed by atoms with van der Waals surface area (Å²) >= 11 is 5.97. The first kappa shape index (κ1) is 10.3. The van der Waals surface area contributed by atoms with E-state index in [1.807, 2.05) is 4.90 Å². The fourth-order valence-electron chi connectivity index (χ4n) is 2.03. The second-order valence-electron chi connectivity index (χ2n) is 4.51. The molecule has 5 heteroatoms. The molecule has 0 spiro atoms. The summed E-state index contributed by atoms with van der Waals surface area (Å²) in [4.78, 5) is 10.6. The molecule has 1 saturated heterocycles. The SMILES string of the molecule is F[C@H]1CCN(c2cc(Cl)nc(C3CC3)n2)C1. The number of hydrogen-bond donors (Lipinski definition) is 0. The van der Waals surface area contributed by atoms with Crippen molar-refractivity contribution < 1.29 is 4.39 Å². The van der Waals surface area contributed by atoms with Crippen LogP contribution in [0, 0.1) is 0 Å². The molecule has 1 aliphatic heterocycles. The van der Waals surface area contributed by atoms with Crippen LogP contribution in [0.5, 0.6) is 0 Å². The Balaban J connectivity index is 1.88. The first-order chi connectivity index (χ1) is 7.72. The summed E-state index contributed by atoms with van der Waals surface area (Å²) < 4.78 is 13.1. The molecule has 0 N–H and O–H groups in total. The number of hydrogen-bond acceptors (Lipinski definition) is 3. The maximum Gasteiger partial charge on any atom is 0.135 e. The topological polar surface area (TPSA) is 29.0 Å². The van der Waals surface area contributed by atoms with E-state index in [1.165, 1.54) is 0 Å². The van der Waals surface area contributed by atoms with Gasteiger partial charge in [-0.3, -0.25) is 0 Å². The molecule has 0 aromatic carbocycles. The normalized spacial score (nSPS) is 25.1. The molecule has 0 bridgehead atoms. The van der Waals surface area contributed by atoms with Crippen LogP contribution in [0.4, 0.5) is 10.2 Å². The first-order valence-corrected chi connectivity index (χ1v) is 6.03. The van der Waals surface area contributed by atoms with Crippen LogP contribution < -0.4 is 4.90 Å². The summed E-state index contributed by atoms with van der Waals surface area (Å²) in [7, 11) is 0. The predicted octanol–water partition coefficient (Wildman–Crippen LogP) is 2.56. The zero-order chi connectivity index (χ0) is 11.1. The Labute approximate surface area is 98.6 Å². The van der Waals surface area contributed by atoms with Gasteiger partial charge in [-0.2, -0.15) is 0 Å². The Kier molecular flexibility index (Phi) is 2.46. The molecule has 0 radical (unpaired) electrons. The number of rotatable bonds is 2. The van der Waals surface area contributed by atoms with Crippen molar-refractivity contribution in [2.75, 3.05) is 18.0 Å². The largest absolute Gasteiger partial charge is 0.353 e. The molecule has 1 aliphatic carbocycles. The summed E-state index contributed by atoms with van der Waals surface area (Å²) in [6.07, 6.45) is 2.13. The molecule has 1 aromatic heterocycles. The van der Waals surface area contributed by atoms with E-state index in [0.717, 1.165) is 31.0 Å². The van der Waals surface area contributed by atoms with E-state index < -0.39 is 6.17 Å². The van der Waals surface area contributed by atoms with Gasteiger partial charge in [0, 0.05) is 18.5 Å². The quantitative estimate of drug-likeness (QED) is 0.746. The van der Waals surface area contributed by atoms with Gasteiger partial charge in [0.1, 0.15) is 23.0 Å². The maximum absolute atomic E-state index is 13.1. The highest BCUT2D eigenvalue weighted by Gasteiger charge is 2.29. The van der Waals surface area contributed by atoms with E-state index in [-0.39, 0.29) is 0 Å². The van der Waals surface area contributed by atoms with Crippen molar-refractivity contribution in [2.24, 2.45) is 0 Å². The van der Waals surface area contributed by atoms with E-state index in [9.17, 15) is 4.39 Å². The van der Waals surface area contributed by atoms with E-state index in [0.29, 0.717) is 24.0 Å². The standard InChI is InChI=1S/C11H13ClFN3/c12-9-5-10(16-4-3-8(13)6-16)15-11(14-9)7-1-2-7/h5,7-8H,1-4,6H2/t8-/m0/s1. The molecule has 0 amide bonds. The van der Waals surface area contributed by atoms with Gasteiger partial charge in [0.2, 0.25) is 0 Å². The summed E-state index contributed by atoms with van der Waals surface area (Å²) in [5.41, 5.74) is 0. The third-order valence-corrected chi connectivity index (χ3v) is 3.29. The molecule has 1 aromatic rings. The summed E-state index contributed by atoms with van der Waals surface area (Å²) in [5, 5.41) is 0.467. The van der Waals surface area contributed by atoms with E-state index >= 15 is 0 Å². The molecule has 16 heavy (non-hydrogen) atoms.